The first kappa shape index (κ1) is 18.5. The molecule has 0 spiro atoms. The third kappa shape index (κ3) is 3.38. The molecule has 1 N–H and O–H groups in total. The van der Waals surface area contributed by atoms with E-state index < -0.39 is 9.84 Å². The van der Waals surface area contributed by atoms with E-state index in [0.29, 0.717) is 0 Å². The lowest BCUT2D eigenvalue weighted by Gasteiger charge is -2.30. The molecular formula is C19H17Cl2N3O2S. The highest BCUT2D eigenvalue weighted by Crippen LogP contribution is 2.35. The number of anilines is 1. The van der Waals surface area contributed by atoms with Crippen molar-refractivity contribution in [2.75, 3.05) is 31.1 Å². The topological polar surface area (TPSA) is 62.3 Å². The molecule has 1 aliphatic rings. The molecule has 27 heavy (non-hydrogen) atoms. The van der Waals surface area contributed by atoms with Gasteiger partial charge in [-0.05, 0) is 36.4 Å². The molecule has 0 saturated carbocycles. The summed E-state index contributed by atoms with van der Waals surface area (Å²) in [6.45, 7) is 3.49. The lowest BCUT2D eigenvalue weighted by Crippen LogP contribution is -2.43. The number of benzene rings is 2. The number of halogens is 2. The molecule has 5 nitrogen and oxygen atoms in total. The Labute approximate surface area is 167 Å². The predicted molar refractivity (Wildman–Crippen MR) is 109 cm³/mol. The minimum absolute atomic E-state index is 0.00336. The number of rotatable bonds is 3. The monoisotopic (exact) mass is 421 g/mol. The zero-order valence-corrected chi connectivity index (χ0v) is 16.7. The Bertz CT molecular complexity index is 1110. The van der Waals surface area contributed by atoms with Gasteiger partial charge in [0, 0.05) is 43.4 Å². The number of nitrogens with zero attached hydrogens (tertiary/aromatic N) is 2. The quantitative estimate of drug-likeness (QED) is 0.696. The summed E-state index contributed by atoms with van der Waals surface area (Å²) in [4.78, 5) is 6.79. The highest BCUT2D eigenvalue weighted by atomic mass is 35.5. The highest BCUT2D eigenvalue weighted by Gasteiger charge is 2.23. The van der Waals surface area contributed by atoms with Crippen molar-refractivity contribution >= 4 is 49.6 Å². The Kier molecular flexibility index (Phi) is 4.99. The normalized spacial score (nSPS) is 15.3. The molecular weight excluding hydrogens is 405 g/mol. The molecule has 1 saturated heterocycles. The Hall–Kier alpha value is -1.86. The summed E-state index contributed by atoms with van der Waals surface area (Å²) < 4.78 is 26.3. The maximum absolute atomic E-state index is 13.2. The SMILES string of the molecule is O=S(=O)(c1ccc2nccc(N3CCNCC3)c2c1)c1cccc(Cl)c1Cl. The van der Waals surface area contributed by atoms with E-state index in [1.807, 2.05) is 6.07 Å². The van der Waals surface area contributed by atoms with Crippen LogP contribution in [0.5, 0.6) is 0 Å². The molecule has 3 aromatic rings. The van der Waals surface area contributed by atoms with Gasteiger partial charge >= 0.3 is 0 Å². The minimum atomic E-state index is -3.81. The number of aromatic nitrogens is 1. The number of sulfone groups is 1. The van der Waals surface area contributed by atoms with Crippen LogP contribution in [0.2, 0.25) is 10.0 Å². The first-order chi connectivity index (χ1) is 13.0. The van der Waals surface area contributed by atoms with Crippen LogP contribution in [-0.4, -0.2) is 39.6 Å². The number of pyridine rings is 1. The Morgan fingerprint density at radius 1 is 1.04 bits per heavy atom. The van der Waals surface area contributed by atoms with E-state index in [1.165, 1.54) is 6.07 Å². The van der Waals surface area contributed by atoms with Gasteiger partial charge in [-0.25, -0.2) is 8.42 Å². The van der Waals surface area contributed by atoms with Crippen LogP contribution in [0.15, 0.2) is 58.5 Å². The average Bonchev–Trinajstić information content (AvgIpc) is 2.69. The zero-order valence-electron chi connectivity index (χ0n) is 14.3. The van der Waals surface area contributed by atoms with Gasteiger partial charge in [0.25, 0.3) is 0 Å². The molecule has 4 rings (SSSR count). The standard InChI is InChI=1S/C19H17Cl2N3O2S/c20-15-2-1-3-18(19(15)21)27(25,26)13-4-5-16-14(12-13)17(6-7-23-16)24-10-8-22-9-11-24/h1-7,12,22H,8-11H2. The largest absolute Gasteiger partial charge is 0.368 e. The van der Waals surface area contributed by atoms with Crippen molar-refractivity contribution in [1.29, 1.82) is 0 Å². The minimum Gasteiger partial charge on any atom is -0.368 e. The van der Waals surface area contributed by atoms with Crippen LogP contribution in [-0.2, 0) is 9.84 Å². The van der Waals surface area contributed by atoms with Crippen LogP contribution in [0, 0.1) is 0 Å². The van der Waals surface area contributed by atoms with Gasteiger partial charge in [0.15, 0.2) is 0 Å². The number of hydrogen-bond donors (Lipinski definition) is 1. The van der Waals surface area contributed by atoms with Crippen LogP contribution in [0.1, 0.15) is 0 Å². The fourth-order valence-corrected chi connectivity index (χ4v) is 5.32. The van der Waals surface area contributed by atoms with E-state index in [2.05, 4.69) is 15.2 Å². The van der Waals surface area contributed by atoms with Crippen molar-refractivity contribution in [3.63, 3.8) is 0 Å². The van der Waals surface area contributed by atoms with Crippen LogP contribution in [0.25, 0.3) is 10.9 Å². The van der Waals surface area contributed by atoms with Crippen LogP contribution < -0.4 is 10.2 Å². The lowest BCUT2D eigenvalue weighted by molar-refractivity contribution is 0.590. The molecule has 2 aromatic carbocycles. The van der Waals surface area contributed by atoms with E-state index in [9.17, 15) is 8.42 Å². The van der Waals surface area contributed by atoms with Gasteiger partial charge in [-0.1, -0.05) is 29.3 Å². The van der Waals surface area contributed by atoms with Gasteiger partial charge in [0.2, 0.25) is 9.84 Å². The Morgan fingerprint density at radius 2 is 1.81 bits per heavy atom. The van der Waals surface area contributed by atoms with Gasteiger partial charge in [0.05, 0.1) is 25.4 Å². The summed E-state index contributed by atoms with van der Waals surface area (Å²) in [5, 5.41) is 4.37. The number of fused-ring (bicyclic) bond motifs is 1. The van der Waals surface area contributed by atoms with E-state index in [4.69, 9.17) is 23.2 Å². The molecule has 1 aromatic heterocycles. The third-order valence-electron chi connectivity index (χ3n) is 4.66. The van der Waals surface area contributed by atoms with Crippen molar-refractivity contribution in [1.82, 2.24) is 10.3 Å². The molecule has 2 heterocycles. The summed E-state index contributed by atoms with van der Waals surface area (Å²) >= 11 is 12.2. The molecule has 8 heteroatoms. The molecule has 0 atom stereocenters. The van der Waals surface area contributed by atoms with Crippen molar-refractivity contribution < 1.29 is 8.42 Å². The maximum Gasteiger partial charge on any atom is 0.208 e. The van der Waals surface area contributed by atoms with E-state index >= 15 is 0 Å². The molecule has 0 unspecified atom stereocenters. The molecule has 0 bridgehead atoms. The van der Waals surface area contributed by atoms with E-state index in [-0.39, 0.29) is 19.8 Å². The lowest BCUT2D eigenvalue weighted by atomic mass is 10.1. The van der Waals surface area contributed by atoms with Gasteiger partial charge in [-0.15, -0.1) is 0 Å². The summed E-state index contributed by atoms with van der Waals surface area (Å²) in [5.41, 5.74) is 1.73. The highest BCUT2D eigenvalue weighted by molar-refractivity contribution is 7.91. The van der Waals surface area contributed by atoms with Crippen LogP contribution >= 0.6 is 23.2 Å². The number of hydrogen-bond acceptors (Lipinski definition) is 5. The first-order valence-electron chi connectivity index (χ1n) is 8.52. The zero-order chi connectivity index (χ0) is 19.0. The van der Waals surface area contributed by atoms with E-state index in [1.54, 1.807) is 36.5 Å². The molecule has 140 valence electrons. The van der Waals surface area contributed by atoms with Crippen LogP contribution in [0.3, 0.4) is 0 Å². The number of nitrogens with one attached hydrogen (secondary N) is 1. The Balaban J connectivity index is 1.86. The predicted octanol–water partition coefficient (Wildman–Crippen LogP) is 3.78. The second-order valence-electron chi connectivity index (χ2n) is 6.30. The van der Waals surface area contributed by atoms with Gasteiger partial charge in [-0.3, -0.25) is 4.98 Å². The molecule has 1 aliphatic heterocycles. The van der Waals surface area contributed by atoms with Crippen molar-refractivity contribution in [3.05, 3.63) is 58.7 Å². The second kappa shape index (κ2) is 7.28. The van der Waals surface area contributed by atoms with Crippen molar-refractivity contribution in [2.24, 2.45) is 0 Å². The Morgan fingerprint density at radius 3 is 2.59 bits per heavy atom. The summed E-state index contributed by atoms with van der Waals surface area (Å²) in [6, 6.07) is 11.5. The molecule has 1 fully saturated rings. The van der Waals surface area contributed by atoms with Crippen molar-refractivity contribution in [2.45, 2.75) is 9.79 Å². The molecule has 0 radical (unpaired) electrons. The summed E-state index contributed by atoms with van der Waals surface area (Å²) in [6.07, 6.45) is 1.75. The fraction of sp³-hybridized carbons (Fsp3) is 0.211. The fourth-order valence-electron chi connectivity index (χ4n) is 3.28. The second-order valence-corrected chi connectivity index (χ2v) is 9.00. The first-order valence-corrected chi connectivity index (χ1v) is 10.8. The summed E-state index contributed by atoms with van der Waals surface area (Å²) in [7, 11) is -3.81. The summed E-state index contributed by atoms with van der Waals surface area (Å²) in [5.74, 6) is 0. The average molecular weight is 422 g/mol. The van der Waals surface area contributed by atoms with Gasteiger partial charge < -0.3 is 10.2 Å². The smallest absolute Gasteiger partial charge is 0.208 e. The van der Waals surface area contributed by atoms with E-state index in [0.717, 1.165) is 42.8 Å². The third-order valence-corrected chi connectivity index (χ3v) is 7.39. The molecule has 0 aliphatic carbocycles. The van der Waals surface area contributed by atoms with Gasteiger partial charge in [-0.2, -0.15) is 0 Å². The van der Waals surface area contributed by atoms with Crippen molar-refractivity contribution in [3.8, 4) is 0 Å². The molecule has 0 amide bonds. The van der Waals surface area contributed by atoms with Gasteiger partial charge in [0.1, 0.15) is 0 Å². The maximum atomic E-state index is 13.2. The van der Waals surface area contributed by atoms with Crippen LogP contribution in [0.4, 0.5) is 5.69 Å². The number of piperazine rings is 1.